The number of methoxy groups -OCH3 is 1. The highest BCUT2D eigenvalue weighted by Crippen LogP contribution is 2.62. The Morgan fingerprint density at radius 2 is 2.40 bits per heavy atom. The van der Waals surface area contributed by atoms with E-state index in [-0.39, 0.29) is 8.55 Å². The number of nitriles is 1. The van der Waals surface area contributed by atoms with Gasteiger partial charge in [0.05, 0.1) is 11.3 Å². The Balaban J connectivity index is 2.25. The van der Waals surface area contributed by atoms with Crippen molar-refractivity contribution in [3.8, 4) is 6.07 Å². The van der Waals surface area contributed by atoms with Gasteiger partial charge in [-0.25, -0.2) is 0 Å². The highest BCUT2D eigenvalue weighted by molar-refractivity contribution is 9.18. The highest BCUT2D eigenvalue weighted by Gasteiger charge is 2.30. The molecule has 0 radical (unpaired) electrons. The molecular weight excluding hydrogens is 266 g/mol. The van der Waals surface area contributed by atoms with E-state index in [4.69, 9.17) is 10.00 Å². The number of hydrogen-bond acceptors (Lipinski definition) is 5. The summed E-state index contributed by atoms with van der Waals surface area (Å²) < 4.78 is 6.53. The molecule has 0 saturated carbocycles. The predicted molar refractivity (Wildman–Crippen MR) is 73.6 cm³/mol. The smallest absolute Gasteiger partial charge is 0.182 e. The van der Waals surface area contributed by atoms with Crippen LogP contribution in [0, 0.1) is 11.3 Å². The normalized spacial score (nSPS) is 23.9. The van der Waals surface area contributed by atoms with Gasteiger partial charge in [0.2, 0.25) is 0 Å². The minimum absolute atomic E-state index is 0.0556. The molecule has 1 unspecified atom stereocenters. The van der Waals surface area contributed by atoms with Crippen LogP contribution in [0.3, 0.4) is 0 Å². The molecule has 0 fully saturated rings. The van der Waals surface area contributed by atoms with Gasteiger partial charge in [-0.05, 0) is 42.0 Å². The average molecular weight is 275 g/mol. The number of rotatable bonds is 3. The maximum Gasteiger partial charge on any atom is 0.182 e. The first-order chi connectivity index (χ1) is 7.30. The summed E-state index contributed by atoms with van der Waals surface area (Å²) in [6, 6.07) is 2.24. The Labute approximate surface area is 103 Å². The topological polar surface area (TPSA) is 33.0 Å². The lowest BCUT2D eigenvalue weighted by Gasteiger charge is -2.03. The van der Waals surface area contributed by atoms with E-state index in [9.17, 15) is 0 Å². The summed E-state index contributed by atoms with van der Waals surface area (Å²) in [4.78, 5) is 1.15. The summed E-state index contributed by atoms with van der Waals surface area (Å²) in [5.41, 5.74) is 0.727. The van der Waals surface area contributed by atoms with Gasteiger partial charge < -0.3 is 4.74 Å². The third kappa shape index (κ3) is 2.11. The number of hydrogen-bond donors (Lipinski definition) is 0. The zero-order valence-electron chi connectivity index (χ0n) is 8.27. The van der Waals surface area contributed by atoms with Crippen LogP contribution in [0.15, 0.2) is 21.0 Å². The average Bonchev–Trinajstić information content (AvgIpc) is 2.74. The van der Waals surface area contributed by atoms with Crippen LogP contribution in [0.4, 0.5) is 0 Å². The molecule has 0 saturated heterocycles. The van der Waals surface area contributed by atoms with E-state index < -0.39 is 0 Å². The quantitative estimate of drug-likeness (QED) is 0.579. The molecule has 0 spiro atoms. The Hall–Kier alpha value is 0.0400. The number of allylic oxidation sites excluding steroid dienone is 2. The van der Waals surface area contributed by atoms with Crippen molar-refractivity contribution in [3.05, 3.63) is 21.0 Å². The number of ether oxygens (including phenoxy) is 1. The van der Waals surface area contributed by atoms with Gasteiger partial charge in [0, 0.05) is 4.86 Å². The molecule has 0 aromatic rings. The minimum atomic E-state index is 0.0556. The van der Waals surface area contributed by atoms with Crippen molar-refractivity contribution in [2.75, 3.05) is 12.9 Å². The van der Waals surface area contributed by atoms with Crippen molar-refractivity contribution >= 4 is 46.8 Å². The third-order valence-electron chi connectivity index (χ3n) is 1.77. The van der Waals surface area contributed by atoms with Crippen molar-refractivity contribution in [3.63, 3.8) is 0 Å². The SMILES string of the molecule is CCSC1=CC2=S(S1)SC(OC)=C2C#N. The second-order valence-electron chi connectivity index (χ2n) is 2.64. The minimum Gasteiger partial charge on any atom is -0.488 e. The van der Waals surface area contributed by atoms with E-state index in [1.165, 1.54) is 4.24 Å². The largest absolute Gasteiger partial charge is 0.488 e. The molecule has 2 aliphatic rings. The first-order valence-electron chi connectivity index (χ1n) is 4.31. The van der Waals surface area contributed by atoms with E-state index in [1.807, 2.05) is 22.6 Å². The Morgan fingerprint density at radius 3 is 3.00 bits per heavy atom. The van der Waals surface area contributed by atoms with Crippen LogP contribution in [0.1, 0.15) is 6.92 Å². The van der Waals surface area contributed by atoms with Crippen molar-refractivity contribution in [2.24, 2.45) is 0 Å². The third-order valence-corrected chi connectivity index (χ3v) is 9.37. The molecule has 15 heavy (non-hydrogen) atoms. The molecular formula is C9H9NOS4. The van der Waals surface area contributed by atoms with Crippen molar-refractivity contribution in [2.45, 2.75) is 6.92 Å². The molecule has 0 aromatic heterocycles. The summed E-state index contributed by atoms with van der Waals surface area (Å²) in [6.07, 6.45) is 2.14. The molecule has 2 rings (SSSR count). The van der Waals surface area contributed by atoms with E-state index >= 15 is 0 Å². The molecule has 2 nitrogen and oxygen atoms in total. The summed E-state index contributed by atoms with van der Waals surface area (Å²) in [5, 5.41) is 9.85. The highest BCUT2D eigenvalue weighted by atomic mass is 33.5. The zero-order valence-corrected chi connectivity index (χ0v) is 11.5. The predicted octanol–water partition coefficient (Wildman–Crippen LogP) is 3.73. The van der Waals surface area contributed by atoms with Gasteiger partial charge in [0.15, 0.2) is 5.09 Å². The van der Waals surface area contributed by atoms with Gasteiger partial charge in [-0.2, -0.15) is 5.26 Å². The lowest BCUT2D eigenvalue weighted by atomic mass is 10.2. The Morgan fingerprint density at radius 1 is 1.60 bits per heavy atom. The first-order valence-corrected chi connectivity index (χ1v) is 9.19. The molecule has 2 aliphatic heterocycles. The fraction of sp³-hybridized carbons (Fsp3) is 0.333. The van der Waals surface area contributed by atoms with Crippen molar-refractivity contribution in [1.82, 2.24) is 0 Å². The summed E-state index contributed by atoms with van der Waals surface area (Å²) in [6.45, 7) is 2.14. The zero-order chi connectivity index (χ0) is 10.8. The number of nitrogens with zero attached hydrogens (tertiary/aromatic N) is 1. The van der Waals surface area contributed by atoms with Crippen LogP contribution in [0.5, 0.6) is 0 Å². The maximum absolute atomic E-state index is 9.07. The molecule has 0 aromatic carbocycles. The molecule has 2 heterocycles. The van der Waals surface area contributed by atoms with Gasteiger partial charge in [0.1, 0.15) is 11.6 Å². The monoisotopic (exact) mass is 275 g/mol. The molecule has 80 valence electrons. The van der Waals surface area contributed by atoms with E-state index in [1.54, 1.807) is 17.9 Å². The number of thioether (sulfide) groups is 1. The fourth-order valence-electron chi connectivity index (χ4n) is 1.17. The lowest BCUT2D eigenvalue weighted by Crippen LogP contribution is -1.94. The van der Waals surface area contributed by atoms with Gasteiger partial charge in [0.25, 0.3) is 0 Å². The standard InChI is InChI=1S/C9H9NOS4/c1-3-12-8-4-7-6(5-10)9(11-2)14-15(7)13-8/h4H,3H2,1-2H3. The summed E-state index contributed by atoms with van der Waals surface area (Å²) in [5.74, 6) is 1.08. The van der Waals surface area contributed by atoms with Crippen LogP contribution >= 0.6 is 41.9 Å². The van der Waals surface area contributed by atoms with Gasteiger partial charge in [-0.3, -0.25) is 0 Å². The molecule has 6 heteroatoms. The van der Waals surface area contributed by atoms with Gasteiger partial charge in [-0.1, -0.05) is 6.92 Å². The van der Waals surface area contributed by atoms with Crippen molar-refractivity contribution in [1.29, 1.82) is 5.26 Å². The molecule has 0 aliphatic carbocycles. The van der Waals surface area contributed by atoms with E-state index in [0.29, 0.717) is 0 Å². The summed E-state index contributed by atoms with van der Waals surface area (Å²) in [7, 11) is 5.20. The van der Waals surface area contributed by atoms with Crippen LogP contribution in [-0.4, -0.2) is 17.7 Å². The molecule has 1 atom stereocenters. The Kier molecular flexibility index (Phi) is 3.78. The van der Waals surface area contributed by atoms with E-state index in [0.717, 1.165) is 21.3 Å². The van der Waals surface area contributed by atoms with Crippen LogP contribution in [0.2, 0.25) is 0 Å². The molecule has 0 amide bonds. The van der Waals surface area contributed by atoms with E-state index in [2.05, 4.69) is 19.1 Å². The van der Waals surface area contributed by atoms with Gasteiger partial charge >= 0.3 is 0 Å². The van der Waals surface area contributed by atoms with Crippen LogP contribution in [0.25, 0.3) is 0 Å². The first kappa shape index (κ1) is 11.5. The second kappa shape index (κ2) is 4.91. The fourth-order valence-corrected chi connectivity index (χ4v) is 9.75. The van der Waals surface area contributed by atoms with Crippen molar-refractivity contribution < 1.29 is 4.74 Å². The Bertz CT molecular complexity index is 430. The summed E-state index contributed by atoms with van der Waals surface area (Å²) >= 11 is 1.84. The maximum atomic E-state index is 9.07. The molecule has 0 N–H and O–H groups in total. The molecule has 0 bridgehead atoms. The van der Waals surface area contributed by atoms with Crippen LogP contribution in [-0.2, 0) is 4.74 Å². The van der Waals surface area contributed by atoms with Crippen LogP contribution < -0.4 is 0 Å². The second-order valence-corrected chi connectivity index (χ2v) is 9.89. The lowest BCUT2D eigenvalue weighted by molar-refractivity contribution is 0.324. The van der Waals surface area contributed by atoms with Gasteiger partial charge in [-0.15, -0.1) is 11.8 Å².